The fraction of sp³-hybridized carbons (Fsp3) is 0.238. The predicted molar refractivity (Wildman–Crippen MR) is 113 cm³/mol. The van der Waals surface area contributed by atoms with Crippen LogP contribution >= 0.6 is 11.3 Å². The van der Waals surface area contributed by atoms with Crippen LogP contribution in [0, 0.1) is 20.8 Å². The van der Waals surface area contributed by atoms with Crippen LogP contribution in [0.4, 0.5) is 5.13 Å². The number of rotatable bonds is 3. The molecule has 0 aliphatic carbocycles. The average Bonchev–Trinajstić information content (AvgIpc) is 3.10. The molecule has 0 saturated carbocycles. The van der Waals surface area contributed by atoms with Crippen molar-refractivity contribution in [3.05, 3.63) is 63.1 Å². The SMILES string of the molecule is CCn1cc(C(=O)Nc2nc3c(C)ccc(C)c3s2)c(=O)c2ccc(C)nc21. The standard InChI is InChI=1S/C21H20N4O2S/c1-5-25-10-15(17(26)14-9-8-13(4)22-19(14)25)20(27)24-21-23-16-11(2)6-7-12(3)18(16)28-21/h6-10H,5H2,1-4H3,(H,23,24,27). The zero-order chi connectivity index (χ0) is 20.0. The number of carbonyl (C=O) groups is 1. The molecule has 28 heavy (non-hydrogen) atoms. The largest absolute Gasteiger partial charge is 0.332 e. The molecule has 4 rings (SSSR count). The van der Waals surface area contributed by atoms with Gasteiger partial charge in [-0.05, 0) is 51.0 Å². The number of hydrogen-bond acceptors (Lipinski definition) is 5. The molecule has 142 valence electrons. The molecule has 0 spiro atoms. The summed E-state index contributed by atoms with van der Waals surface area (Å²) in [5, 5.41) is 3.73. The van der Waals surface area contributed by atoms with E-state index in [0.29, 0.717) is 22.7 Å². The van der Waals surface area contributed by atoms with Gasteiger partial charge in [0, 0.05) is 18.4 Å². The van der Waals surface area contributed by atoms with Gasteiger partial charge in [-0.2, -0.15) is 0 Å². The summed E-state index contributed by atoms with van der Waals surface area (Å²) in [6.07, 6.45) is 1.58. The summed E-state index contributed by atoms with van der Waals surface area (Å²) in [6.45, 7) is 8.44. The van der Waals surface area contributed by atoms with Gasteiger partial charge in [0.05, 0.1) is 15.6 Å². The van der Waals surface area contributed by atoms with Gasteiger partial charge in [-0.3, -0.25) is 14.9 Å². The third-order valence-corrected chi connectivity index (χ3v) is 5.91. The maximum atomic E-state index is 12.9. The Balaban J connectivity index is 1.78. The summed E-state index contributed by atoms with van der Waals surface area (Å²) >= 11 is 1.42. The fourth-order valence-corrected chi connectivity index (χ4v) is 4.25. The van der Waals surface area contributed by atoms with Gasteiger partial charge >= 0.3 is 0 Å². The number of nitrogens with zero attached hydrogens (tertiary/aromatic N) is 3. The summed E-state index contributed by atoms with van der Waals surface area (Å²) in [6, 6.07) is 7.57. The lowest BCUT2D eigenvalue weighted by molar-refractivity contribution is 0.102. The molecule has 0 aliphatic heterocycles. The smallest absolute Gasteiger partial charge is 0.262 e. The zero-order valence-corrected chi connectivity index (χ0v) is 17.0. The predicted octanol–water partition coefficient (Wildman–Crippen LogP) is 4.20. The first-order valence-corrected chi connectivity index (χ1v) is 9.89. The number of carbonyl (C=O) groups excluding carboxylic acids is 1. The van der Waals surface area contributed by atoms with Crippen molar-refractivity contribution < 1.29 is 4.79 Å². The molecule has 0 fully saturated rings. The van der Waals surface area contributed by atoms with E-state index < -0.39 is 5.91 Å². The molecule has 0 atom stereocenters. The molecule has 1 N–H and O–H groups in total. The summed E-state index contributed by atoms with van der Waals surface area (Å²) in [7, 11) is 0. The Morgan fingerprint density at radius 3 is 2.57 bits per heavy atom. The molecule has 3 aromatic heterocycles. The Bertz CT molecular complexity index is 1260. The zero-order valence-electron chi connectivity index (χ0n) is 16.2. The van der Waals surface area contributed by atoms with Gasteiger partial charge in [-0.15, -0.1) is 0 Å². The van der Waals surface area contributed by atoms with E-state index in [0.717, 1.165) is 27.0 Å². The molecule has 1 aromatic carbocycles. The number of hydrogen-bond donors (Lipinski definition) is 1. The van der Waals surface area contributed by atoms with Crippen molar-refractivity contribution in [3.8, 4) is 0 Å². The average molecular weight is 392 g/mol. The van der Waals surface area contributed by atoms with Crippen molar-refractivity contribution >= 4 is 43.6 Å². The van der Waals surface area contributed by atoms with Crippen LogP contribution in [0.2, 0.25) is 0 Å². The first-order chi connectivity index (χ1) is 13.4. The number of thiazole rings is 1. The van der Waals surface area contributed by atoms with Crippen LogP contribution in [0.1, 0.15) is 34.1 Å². The minimum atomic E-state index is -0.455. The first kappa shape index (κ1) is 18.3. The molecule has 7 heteroatoms. The summed E-state index contributed by atoms with van der Waals surface area (Å²) in [5.41, 5.74) is 4.23. The van der Waals surface area contributed by atoms with E-state index in [4.69, 9.17) is 0 Å². The maximum absolute atomic E-state index is 12.9. The number of pyridine rings is 2. The van der Waals surface area contributed by atoms with E-state index >= 15 is 0 Å². The van der Waals surface area contributed by atoms with Crippen LogP contribution < -0.4 is 10.7 Å². The molecule has 0 bridgehead atoms. The lowest BCUT2D eigenvalue weighted by Crippen LogP contribution is -2.24. The fourth-order valence-electron chi connectivity index (χ4n) is 3.24. The van der Waals surface area contributed by atoms with Crippen LogP contribution in [0.25, 0.3) is 21.3 Å². The third-order valence-electron chi connectivity index (χ3n) is 4.81. The van der Waals surface area contributed by atoms with Crippen molar-refractivity contribution in [2.45, 2.75) is 34.2 Å². The van der Waals surface area contributed by atoms with Crippen LogP contribution in [0.5, 0.6) is 0 Å². The lowest BCUT2D eigenvalue weighted by Gasteiger charge is -2.11. The van der Waals surface area contributed by atoms with Crippen molar-refractivity contribution in [2.24, 2.45) is 0 Å². The second kappa shape index (κ2) is 6.83. The second-order valence-corrected chi connectivity index (χ2v) is 7.83. The molecular formula is C21H20N4O2S. The van der Waals surface area contributed by atoms with Gasteiger partial charge in [-0.1, -0.05) is 23.5 Å². The quantitative estimate of drug-likeness (QED) is 0.567. The van der Waals surface area contributed by atoms with E-state index in [1.165, 1.54) is 11.3 Å². The number of anilines is 1. The Morgan fingerprint density at radius 1 is 1.11 bits per heavy atom. The van der Waals surface area contributed by atoms with Crippen LogP contribution in [-0.2, 0) is 6.54 Å². The second-order valence-electron chi connectivity index (χ2n) is 6.83. The number of fused-ring (bicyclic) bond motifs is 2. The normalized spacial score (nSPS) is 11.3. The molecule has 1 amide bonds. The summed E-state index contributed by atoms with van der Waals surface area (Å²) in [4.78, 5) is 34.8. The summed E-state index contributed by atoms with van der Waals surface area (Å²) < 4.78 is 2.87. The molecule has 0 unspecified atom stereocenters. The Kier molecular flexibility index (Phi) is 4.47. The monoisotopic (exact) mass is 392 g/mol. The highest BCUT2D eigenvalue weighted by atomic mass is 32.1. The molecule has 6 nitrogen and oxygen atoms in total. The van der Waals surface area contributed by atoms with Crippen molar-refractivity contribution in [1.82, 2.24) is 14.5 Å². The highest BCUT2D eigenvalue weighted by Crippen LogP contribution is 2.31. The summed E-state index contributed by atoms with van der Waals surface area (Å²) in [5.74, 6) is -0.455. The Hall–Kier alpha value is -3.06. The minimum Gasteiger partial charge on any atom is -0.332 e. The highest BCUT2D eigenvalue weighted by Gasteiger charge is 2.18. The van der Waals surface area contributed by atoms with Gasteiger partial charge < -0.3 is 4.57 Å². The van der Waals surface area contributed by atoms with E-state index in [1.807, 2.05) is 44.4 Å². The van der Waals surface area contributed by atoms with E-state index in [1.54, 1.807) is 18.3 Å². The van der Waals surface area contributed by atoms with Crippen LogP contribution in [-0.4, -0.2) is 20.4 Å². The van der Waals surface area contributed by atoms with Gasteiger partial charge in [0.2, 0.25) is 5.43 Å². The number of benzene rings is 1. The van der Waals surface area contributed by atoms with E-state index in [9.17, 15) is 9.59 Å². The van der Waals surface area contributed by atoms with Crippen LogP contribution in [0.15, 0.2) is 35.3 Å². The highest BCUT2D eigenvalue weighted by molar-refractivity contribution is 7.22. The topological polar surface area (TPSA) is 76.9 Å². The molecule has 3 heterocycles. The maximum Gasteiger partial charge on any atom is 0.262 e. The number of nitrogens with one attached hydrogen (secondary N) is 1. The van der Waals surface area contributed by atoms with E-state index in [-0.39, 0.29) is 11.0 Å². The van der Waals surface area contributed by atoms with Crippen LogP contribution in [0.3, 0.4) is 0 Å². The van der Waals surface area contributed by atoms with Gasteiger partial charge in [0.1, 0.15) is 11.2 Å². The lowest BCUT2D eigenvalue weighted by atomic mass is 10.1. The van der Waals surface area contributed by atoms with Crippen molar-refractivity contribution in [1.29, 1.82) is 0 Å². The molecular weight excluding hydrogens is 372 g/mol. The van der Waals surface area contributed by atoms with Gasteiger partial charge in [0.25, 0.3) is 5.91 Å². The third kappa shape index (κ3) is 2.97. The van der Waals surface area contributed by atoms with Crippen molar-refractivity contribution in [3.63, 3.8) is 0 Å². The van der Waals surface area contributed by atoms with E-state index in [2.05, 4.69) is 15.3 Å². The van der Waals surface area contributed by atoms with Gasteiger partial charge in [-0.25, -0.2) is 9.97 Å². The molecule has 0 saturated heterocycles. The number of aryl methyl sites for hydroxylation is 4. The number of aromatic nitrogens is 3. The molecule has 4 aromatic rings. The Labute approximate surface area is 165 Å². The van der Waals surface area contributed by atoms with Gasteiger partial charge in [0.15, 0.2) is 5.13 Å². The van der Waals surface area contributed by atoms with Crippen molar-refractivity contribution in [2.75, 3.05) is 5.32 Å². The molecule has 0 radical (unpaired) electrons. The molecule has 0 aliphatic rings. The first-order valence-electron chi connectivity index (χ1n) is 9.08. The number of amides is 1. The minimum absolute atomic E-state index is 0.0905. The Morgan fingerprint density at radius 2 is 1.86 bits per heavy atom.